The predicted octanol–water partition coefficient (Wildman–Crippen LogP) is -0.594. The lowest BCUT2D eigenvalue weighted by Crippen LogP contribution is -2.22. The number of anilines is 1. The van der Waals surface area contributed by atoms with Crippen molar-refractivity contribution >= 4 is 11.7 Å². The highest BCUT2D eigenvalue weighted by Gasteiger charge is 2.10. The Morgan fingerprint density at radius 3 is 2.69 bits per heavy atom. The second kappa shape index (κ2) is 3.34. The van der Waals surface area contributed by atoms with E-state index in [2.05, 4.69) is 5.10 Å². The molecule has 0 saturated carbocycles. The van der Waals surface area contributed by atoms with E-state index < -0.39 is 11.5 Å². The van der Waals surface area contributed by atoms with Gasteiger partial charge in [-0.15, -0.1) is 0 Å². The van der Waals surface area contributed by atoms with Gasteiger partial charge in [-0.05, 0) is 6.42 Å². The van der Waals surface area contributed by atoms with Crippen molar-refractivity contribution in [2.75, 3.05) is 5.73 Å². The van der Waals surface area contributed by atoms with Crippen LogP contribution < -0.4 is 11.3 Å². The molecule has 0 unspecified atom stereocenters. The van der Waals surface area contributed by atoms with E-state index in [0.29, 0.717) is 12.1 Å². The van der Waals surface area contributed by atoms with Crippen molar-refractivity contribution in [1.29, 1.82) is 0 Å². The lowest BCUT2D eigenvalue weighted by molar-refractivity contribution is -0.137. The molecule has 0 atom stereocenters. The zero-order valence-corrected chi connectivity index (χ0v) is 7.20. The van der Waals surface area contributed by atoms with E-state index in [1.165, 1.54) is 0 Å². The van der Waals surface area contributed by atoms with Crippen molar-refractivity contribution in [1.82, 2.24) is 9.78 Å². The molecule has 1 aromatic heterocycles. The summed E-state index contributed by atoms with van der Waals surface area (Å²) < 4.78 is 0.983. The van der Waals surface area contributed by atoms with Crippen LogP contribution >= 0.6 is 0 Å². The first-order chi connectivity index (χ1) is 6.06. The van der Waals surface area contributed by atoms with Crippen LogP contribution in [0.2, 0.25) is 0 Å². The van der Waals surface area contributed by atoms with Gasteiger partial charge in [0.05, 0.1) is 5.69 Å². The molecule has 0 aliphatic rings. The molecule has 0 spiro atoms. The number of rotatable bonds is 3. The van der Waals surface area contributed by atoms with E-state index in [9.17, 15) is 9.59 Å². The van der Waals surface area contributed by atoms with E-state index >= 15 is 0 Å². The molecular formula is C7H11N3O3. The Bertz CT molecular complexity index is 377. The molecule has 0 aliphatic heterocycles. The van der Waals surface area contributed by atoms with Gasteiger partial charge in [0.2, 0.25) is 0 Å². The van der Waals surface area contributed by atoms with Crippen LogP contribution in [-0.2, 0) is 17.8 Å². The molecule has 1 heterocycles. The van der Waals surface area contributed by atoms with Crippen LogP contribution in [0.15, 0.2) is 4.79 Å². The molecule has 72 valence electrons. The van der Waals surface area contributed by atoms with Gasteiger partial charge in [-0.3, -0.25) is 14.7 Å². The molecule has 6 heteroatoms. The third kappa shape index (κ3) is 1.71. The summed E-state index contributed by atoms with van der Waals surface area (Å²) in [6, 6.07) is 0. The van der Waals surface area contributed by atoms with Gasteiger partial charge in [-0.1, -0.05) is 6.92 Å². The van der Waals surface area contributed by atoms with Gasteiger partial charge in [-0.25, -0.2) is 4.68 Å². The zero-order valence-electron chi connectivity index (χ0n) is 7.20. The fourth-order valence-corrected chi connectivity index (χ4v) is 1.06. The SMILES string of the molecule is CCc1[nH]n(CC(=O)O)c(=O)c1N. The number of aliphatic carboxylic acids is 1. The fourth-order valence-electron chi connectivity index (χ4n) is 1.06. The molecule has 0 fully saturated rings. The van der Waals surface area contributed by atoms with Gasteiger partial charge in [-0.2, -0.15) is 0 Å². The number of nitrogens with zero attached hydrogens (tertiary/aromatic N) is 1. The van der Waals surface area contributed by atoms with Crippen LogP contribution in [0.4, 0.5) is 5.69 Å². The number of carboxylic acids is 1. The molecular weight excluding hydrogens is 174 g/mol. The molecule has 0 aromatic carbocycles. The number of nitrogens with two attached hydrogens (primary N) is 1. The number of carboxylic acid groups (broad SMARTS) is 1. The van der Waals surface area contributed by atoms with Crippen LogP contribution in [0.3, 0.4) is 0 Å². The quantitative estimate of drug-likeness (QED) is 0.585. The number of H-pyrrole nitrogens is 1. The number of nitrogens with one attached hydrogen (secondary N) is 1. The number of aromatic amines is 1. The average Bonchev–Trinajstić information content (AvgIpc) is 2.32. The first kappa shape index (κ1) is 9.37. The molecule has 6 nitrogen and oxygen atoms in total. The van der Waals surface area contributed by atoms with Crippen LogP contribution in [-0.4, -0.2) is 20.9 Å². The average molecular weight is 185 g/mol. The highest BCUT2D eigenvalue weighted by molar-refractivity contribution is 5.66. The zero-order chi connectivity index (χ0) is 10.0. The van der Waals surface area contributed by atoms with Gasteiger partial charge in [0, 0.05) is 0 Å². The molecule has 0 saturated heterocycles. The second-order valence-electron chi connectivity index (χ2n) is 2.64. The van der Waals surface area contributed by atoms with Gasteiger partial charge < -0.3 is 10.8 Å². The smallest absolute Gasteiger partial charge is 0.325 e. The van der Waals surface area contributed by atoms with Gasteiger partial charge in [0.1, 0.15) is 12.2 Å². The molecule has 1 aromatic rings. The molecule has 13 heavy (non-hydrogen) atoms. The van der Waals surface area contributed by atoms with E-state index in [1.807, 2.05) is 6.92 Å². The molecule has 0 radical (unpaired) electrons. The topological polar surface area (TPSA) is 101 Å². The van der Waals surface area contributed by atoms with Gasteiger partial charge in [0.25, 0.3) is 5.56 Å². The maximum Gasteiger partial charge on any atom is 0.325 e. The van der Waals surface area contributed by atoms with Crippen molar-refractivity contribution in [2.45, 2.75) is 19.9 Å². The Morgan fingerprint density at radius 2 is 2.31 bits per heavy atom. The number of nitrogen functional groups attached to an aromatic ring is 1. The van der Waals surface area contributed by atoms with E-state index in [0.717, 1.165) is 4.68 Å². The Kier molecular flexibility index (Phi) is 2.41. The van der Waals surface area contributed by atoms with Crippen LogP contribution in [0.5, 0.6) is 0 Å². The lowest BCUT2D eigenvalue weighted by Gasteiger charge is -1.94. The predicted molar refractivity (Wildman–Crippen MR) is 46.5 cm³/mol. The Hall–Kier alpha value is -1.72. The highest BCUT2D eigenvalue weighted by atomic mass is 16.4. The van der Waals surface area contributed by atoms with Crippen LogP contribution in [0.25, 0.3) is 0 Å². The van der Waals surface area contributed by atoms with Crippen molar-refractivity contribution < 1.29 is 9.90 Å². The standard InChI is InChI=1S/C7H11N3O3/c1-2-4-6(8)7(13)10(9-4)3-5(11)12/h9H,2-3,8H2,1H3,(H,11,12). The summed E-state index contributed by atoms with van der Waals surface area (Å²) in [5, 5.41) is 11.1. The lowest BCUT2D eigenvalue weighted by atomic mass is 10.3. The van der Waals surface area contributed by atoms with Crippen molar-refractivity contribution in [3.05, 3.63) is 16.0 Å². The number of hydrogen-bond donors (Lipinski definition) is 3. The summed E-state index contributed by atoms with van der Waals surface area (Å²) in [4.78, 5) is 21.5. The number of hydrogen-bond acceptors (Lipinski definition) is 3. The van der Waals surface area contributed by atoms with Crippen LogP contribution in [0.1, 0.15) is 12.6 Å². The Balaban J connectivity index is 3.10. The summed E-state index contributed by atoms with van der Waals surface area (Å²) in [5.74, 6) is -1.08. The number of aromatic nitrogens is 2. The third-order valence-electron chi connectivity index (χ3n) is 1.72. The van der Waals surface area contributed by atoms with Crippen molar-refractivity contribution in [2.24, 2.45) is 0 Å². The van der Waals surface area contributed by atoms with Gasteiger partial charge >= 0.3 is 5.97 Å². The normalized spacial score (nSPS) is 10.2. The third-order valence-corrected chi connectivity index (χ3v) is 1.72. The Labute approximate surface area is 74.0 Å². The maximum absolute atomic E-state index is 11.2. The van der Waals surface area contributed by atoms with E-state index in [-0.39, 0.29) is 12.2 Å². The summed E-state index contributed by atoms with van der Waals surface area (Å²) in [6.07, 6.45) is 0.577. The molecule has 1 rings (SSSR count). The fraction of sp³-hybridized carbons (Fsp3) is 0.429. The minimum absolute atomic E-state index is 0.101. The first-order valence-corrected chi connectivity index (χ1v) is 3.85. The van der Waals surface area contributed by atoms with E-state index in [4.69, 9.17) is 10.8 Å². The number of aryl methyl sites for hydroxylation is 1. The second-order valence-corrected chi connectivity index (χ2v) is 2.64. The van der Waals surface area contributed by atoms with Crippen molar-refractivity contribution in [3.8, 4) is 0 Å². The minimum atomic E-state index is -1.08. The number of carbonyl (C=O) groups is 1. The molecule has 0 amide bonds. The van der Waals surface area contributed by atoms with Crippen LogP contribution in [0, 0.1) is 0 Å². The summed E-state index contributed by atoms with van der Waals surface area (Å²) in [6.45, 7) is 1.44. The summed E-state index contributed by atoms with van der Waals surface area (Å²) in [7, 11) is 0. The first-order valence-electron chi connectivity index (χ1n) is 3.85. The van der Waals surface area contributed by atoms with Crippen molar-refractivity contribution in [3.63, 3.8) is 0 Å². The highest BCUT2D eigenvalue weighted by Crippen LogP contribution is 2.02. The maximum atomic E-state index is 11.2. The monoisotopic (exact) mass is 185 g/mol. The Morgan fingerprint density at radius 1 is 1.69 bits per heavy atom. The van der Waals surface area contributed by atoms with E-state index in [1.54, 1.807) is 0 Å². The molecule has 0 bridgehead atoms. The summed E-state index contributed by atoms with van der Waals surface area (Å²) in [5.41, 5.74) is 5.64. The van der Waals surface area contributed by atoms with Gasteiger partial charge in [0.15, 0.2) is 0 Å². The molecule has 0 aliphatic carbocycles. The minimum Gasteiger partial charge on any atom is -0.480 e. The summed E-state index contributed by atoms with van der Waals surface area (Å²) >= 11 is 0. The largest absolute Gasteiger partial charge is 0.480 e. The molecule has 4 N–H and O–H groups in total.